The van der Waals surface area contributed by atoms with Crippen LogP contribution in [-0.4, -0.2) is 44.9 Å². The molecule has 6 nitrogen and oxygen atoms in total. The number of esters is 1. The third-order valence-corrected chi connectivity index (χ3v) is 4.74. The minimum absolute atomic E-state index is 0.0158. The number of rotatable bonds is 4. The second-order valence-electron chi connectivity index (χ2n) is 5.14. The van der Waals surface area contributed by atoms with Gasteiger partial charge in [0.25, 0.3) is 0 Å². The third-order valence-electron chi connectivity index (χ3n) is 3.36. The molecule has 1 aromatic carbocycles. The fraction of sp³-hybridized carbons (Fsp3) is 0.333. The first kappa shape index (κ1) is 19.0. The molecule has 10 heteroatoms. The van der Waals surface area contributed by atoms with Crippen LogP contribution in [0.2, 0.25) is 0 Å². The van der Waals surface area contributed by atoms with E-state index in [1.165, 1.54) is 25.1 Å². The van der Waals surface area contributed by atoms with Gasteiger partial charge in [-0.15, -0.1) is 0 Å². The SMILES string of the molecule is CCOC(=O)c1ccccc1N(C(=O)C(F)(F)F)[C@H]1C=CS(=O)(=O)C1. The topological polar surface area (TPSA) is 80.8 Å². The number of nitrogens with zero attached hydrogens (tertiary/aromatic N) is 1. The van der Waals surface area contributed by atoms with Crippen LogP contribution in [0, 0.1) is 0 Å². The maximum Gasteiger partial charge on any atom is 0.471 e. The second-order valence-corrected chi connectivity index (χ2v) is 7.07. The lowest BCUT2D eigenvalue weighted by molar-refractivity contribution is -0.170. The predicted octanol–water partition coefficient (Wildman–Crippen LogP) is 2.07. The molecule has 1 amide bonds. The van der Waals surface area contributed by atoms with Gasteiger partial charge in [0.1, 0.15) is 0 Å². The molecule has 0 N–H and O–H groups in total. The lowest BCUT2D eigenvalue weighted by Gasteiger charge is -2.29. The van der Waals surface area contributed by atoms with Gasteiger partial charge >= 0.3 is 18.1 Å². The van der Waals surface area contributed by atoms with Crippen molar-refractivity contribution in [1.82, 2.24) is 0 Å². The summed E-state index contributed by atoms with van der Waals surface area (Å²) in [7, 11) is -3.73. The van der Waals surface area contributed by atoms with E-state index in [1.807, 2.05) is 0 Å². The van der Waals surface area contributed by atoms with Gasteiger partial charge in [0.2, 0.25) is 0 Å². The Labute approximate surface area is 141 Å². The number of carbonyl (C=O) groups is 2. The minimum atomic E-state index is -5.25. The summed E-state index contributed by atoms with van der Waals surface area (Å²) in [6.07, 6.45) is -4.26. The zero-order valence-electron chi connectivity index (χ0n) is 13.0. The second kappa shape index (κ2) is 6.87. The average molecular weight is 377 g/mol. The van der Waals surface area contributed by atoms with Gasteiger partial charge in [0.15, 0.2) is 9.84 Å². The summed E-state index contributed by atoms with van der Waals surface area (Å²) in [6.45, 7) is 1.50. The minimum Gasteiger partial charge on any atom is -0.462 e. The van der Waals surface area contributed by atoms with Gasteiger partial charge in [-0.05, 0) is 25.1 Å². The van der Waals surface area contributed by atoms with E-state index < -0.39 is 39.7 Å². The number of carbonyl (C=O) groups excluding carboxylic acids is 2. The summed E-state index contributed by atoms with van der Waals surface area (Å²) in [4.78, 5) is 24.2. The molecule has 0 bridgehead atoms. The van der Waals surface area contributed by atoms with Gasteiger partial charge in [-0.1, -0.05) is 12.1 Å². The largest absolute Gasteiger partial charge is 0.471 e. The number of amides is 1. The van der Waals surface area contributed by atoms with Crippen LogP contribution in [0.1, 0.15) is 17.3 Å². The van der Waals surface area contributed by atoms with E-state index in [0.29, 0.717) is 0 Å². The van der Waals surface area contributed by atoms with E-state index in [2.05, 4.69) is 0 Å². The summed E-state index contributed by atoms with van der Waals surface area (Å²) in [5, 5.41) is 0.751. The molecule has 136 valence electrons. The van der Waals surface area contributed by atoms with Crippen molar-refractivity contribution >= 4 is 27.4 Å². The number of sulfone groups is 1. The number of ether oxygens (including phenoxy) is 1. The number of alkyl halides is 3. The van der Waals surface area contributed by atoms with E-state index in [4.69, 9.17) is 4.74 Å². The molecule has 0 aromatic heterocycles. The zero-order chi connectivity index (χ0) is 18.8. The number of para-hydroxylation sites is 1. The fourth-order valence-electron chi connectivity index (χ4n) is 2.36. The first-order valence-corrected chi connectivity index (χ1v) is 8.86. The van der Waals surface area contributed by atoms with Crippen LogP contribution >= 0.6 is 0 Å². The summed E-state index contributed by atoms with van der Waals surface area (Å²) in [6, 6.07) is 3.69. The van der Waals surface area contributed by atoms with Gasteiger partial charge in [-0.2, -0.15) is 13.2 Å². The van der Waals surface area contributed by atoms with E-state index in [0.717, 1.165) is 17.6 Å². The maximum absolute atomic E-state index is 13.0. The Morgan fingerprint density at radius 1 is 1.28 bits per heavy atom. The highest BCUT2D eigenvalue weighted by molar-refractivity contribution is 7.94. The highest BCUT2D eigenvalue weighted by Crippen LogP contribution is 2.31. The zero-order valence-corrected chi connectivity index (χ0v) is 13.8. The van der Waals surface area contributed by atoms with Crippen molar-refractivity contribution in [1.29, 1.82) is 0 Å². The van der Waals surface area contributed by atoms with Gasteiger partial charge < -0.3 is 4.74 Å². The summed E-state index contributed by atoms with van der Waals surface area (Å²) >= 11 is 0. The van der Waals surface area contributed by atoms with Crippen LogP contribution in [0.3, 0.4) is 0 Å². The summed E-state index contributed by atoms with van der Waals surface area (Å²) < 4.78 is 67.0. The average Bonchev–Trinajstić information content (AvgIpc) is 2.87. The number of hydrogen-bond acceptors (Lipinski definition) is 5. The predicted molar refractivity (Wildman–Crippen MR) is 82.7 cm³/mol. The Hall–Kier alpha value is -2.36. The standard InChI is InChI=1S/C15H14F3NO5S/c1-2-24-13(20)11-5-3-4-6-12(11)19(14(21)15(16,17)18)10-7-8-25(22,23)9-10/h3-8,10H,2,9H2,1H3/t10-/m0/s1. The van der Waals surface area contributed by atoms with Crippen molar-refractivity contribution in [2.24, 2.45) is 0 Å². The van der Waals surface area contributed by atoms with Crippen LogP contribution in [0.15, 0.2) is 35.7 Å². The first-order chi connectivity index (χ1) is 11.6. The molecule has 1 aromatic rings. The van der Waals surface area contributed by atoms with Crippen molar-refractivity contribution in [3.05, 3.63) is 41.3 Å². The van der Waals surface area contributed by atoms with E-state index in [1.54, 1.807) is 0 Å². The number of benzene rings is 1. The molecule has 0 radical (unpaired) electrons. The molecule has 0 saturated carbocycles. The van der Waals surface area contributed by atoms with E-state index >= 15 is 0 Å². The van der Waals surface area contributed by atoms with Crippen molar-refractivity contribution < 1.29 is 35.9 Å². The fourth-order valence-corrected chi connectivity index (χ4v) is 3.63. The Balaban J connectivity index is 2.56. The molecule has 1 aliphatic heterocycles. The molecule has 0 unspecified atom stereocenters. The molecule has 0 spiro atoms. The molecule has 0 fully saturated rings. The van der Waals surface area contributed by atoms with Gasteiger partial charge in [-0.3, -0.25) is 9.69 Å². The van der Waals surface area contributed by atoms with Crippen LogP contribution in [0.25, 0.3) is 0 Å². The smallest absolute Gasteiger partial charge is 0.462 e. The first-order valence-electron chi connectivity index (χ1n) is 7.14. The normalized spacial score (nSPS) is 18.8. The Morgan fingerprint density at radius 2 is 1.92 bits per heavy atom. The Bertz CT molecular complexity index is 817. The van der Waals surface area contributed by atoms with Crippen LogP contribution in [0.5, 0.6) is 0 Å². The number of hydrogen-bond donors (Lipinski definition) is 0. The maximum atomic E-state index is 13.0. The van der Waals surface area contributed by atoms with Gasteiger partial charge in [0, 0.05) is 5.41 Å². The van der Waals surface area contributed by atoms with E-state index in [9.17, 15) is 31.2 Å². The third kappa shape index (κ3) is 4.19. The molecule has 0 aliphatic carbocycles. The monoisotopic (exact) mass is 377 g/mol. The van der Waals surface area contributed by atoms with Crippen molar-refractivity contribution in [2.75, 3.05) is 17.3 Å². The molecule has 25 heavy (non-hydrogen) atoms. The molecule has 1 heterocycles. The van der Waals surface area contributed by atoms with Crippen LogP contribution < -0.4 is 4.90 Å². The Morgan fingerprint density at radius 3 is 2.44 bits per heavy atom. The summed E-state index contributed by atoms with van der Waals surface area (Å²) in [5.41, 5.74) is -0.630. The van der Waals surface area contributed by atoms with Crippen molar-refractivity contribution in [2.45, 2.75) is 19.1 Å². The molecule has 0 saturated heterocycles. The molecule has 1 atom stereocenters. The van der Waals surface area contributed by atoms with Crippen molar-refractivity contribution in [3.8, 4) is 0 Å². The molecular formula is C15H14F3NO5S. The van der Waals surface area contributed by atoms with Crippen molar-refractivity contribution in [3.63, 3.8) is 0 Å². The molecule has 2 rings (SSSR count). The quantitative estimate of drug-likeness (QED) is 0.751. The van der Waals surface area contributed by atoms with Crippen LogP contribution in [0.4, 0.5) is 18.9 Å². The Kier molecular flexibility index (Phi) is 5.21. The lowest BCUT2D eigenvalue weighted by Crippen LogP contribution is -2.48. The molecule has 1 aliphatic rings. The number of anilines is 1. The highest BCUT2D eigenvalue weighted by atomic mass is 32.2. The van der Waals surface area contributed by atoms with E-state index in [-0.39, 0.29) is 22.8 Å². The summed E-state index contributed by atoms with van der Waals surface area (Å²) in [5.74, 6) is -3.88. The molecular weight excluding hydrogens is 363 g/mol. The number of halogens is 3. The van der Waals surface area contributed by atoms with Gasteiger partial charge in [-0.25, -0.2) is 13.2 Å². The lowest BCUT2D eigenvalue weighted by atomic mass is 10.1. The highest BCUT2D eigenvalue weighted by Gasteiger charge is 2.47. The van der Waals surface area contributed by atoms with Gasteiger partial charge in [0.05, 0.1) is 29.7 Å². The van der Waals surface area contributed by atoms with Crippen LogP contribution in [-0.2, 0) is 19.4 Å².